The van der Waals surface area contributed by atoms with Gasteiger partial charge in [-0.2, -0.15) is 0 Å². The van der Waals surface area contributed by atoms with Crippen molar-refractivity contribution in [3.8, 4) is 0 Å². The predicted molar refractivity (Wildman–Crippen MR) is 75.8 cm³/mol. The first-order chi connectivity index (χ1) is 7.65. The molecule has 0 aromatic carbocycles. The zero-order chi connectivity index (χ0) is 12.4. The van der Waals surface area contributed by atoms with Gasteiger partial charge >= 0.3 is 0 Å². The summed E-state index contributed by atoms with van der Waals surface area (Å²) < 4.78 is 0. The second-order valence-electron chi connectivity index (χ2n) is 5.75. The third-order valence-electron chi connectivity index (χ3n) is 4.23. The van der Waals surface area contributed by atoms with E-state index in [-0.39, 0.29) is 0 Å². The zero-order valence-electron chi connectivity index (χ0n) is 12.4. The van der Waals surface area contributed by atoms with Crippen LogP contribution in [0.4, 0.5) is 0 Å². The highest BCUT2D eigenvalue weighted by molar-refractivity contribution is 4.67. The zero-order valence-corrected chi connectivity index (χ0v) is 12.4. The Kier molecular flexibility index (Phi) is 10.2. The number of unbranched alkanes of at least 4 members (excludes halogenated alkanes) is 2. The molecular weight excluding hydrogens is 192 g/mol. The van der Waals surface area contributed by atoms with Gasteiger partial charge in [0.2, 0.25) is 0 Å². The summed E-state index contributed by atoms with van der Waals surface area (Å²) in [5, 5.41) is 0. The fraction of sp³-hybridized carbons (Fsp3) is 1.00. The largest absolute Gasteiger partial charge is 0.0654 e. The molecule has 0 nitrogen and oxygen atoms in total. The Bertz CT molecular complexity index is 139. The lowest BCUT2D eigenvalue weighted by atomic mass is 9.81. The minimum Gasteiger partial charge on any atom is -0.0654 e. The van der Waals surface area contributed by atoms with Crippen LogP contribution in [0.15, 0.2) is 0 Å². The first kappa shape index (κ1) is 16.0. The smallest absolute Gasteiger partial charge is 0.0414 e. The summed E-state index contributed by atoms with van der Waals surface area (Å²) in [4.78, 5) is 0. The maximum Gasteiger partial charge on any atom is -0.0414 e. The quantitative estimate of drug-likeness (QED) is 0.425. The summed E-state index contributed by atoms with van der Waals surface area (Å²) in [5.41, 5.74) is 0. The molecule has 0 fully saturated rings. The highest BCUT2D eigenvalue weighted by Crippen LogP contribution is 2.28. The Morgan fingerprint density at radius 2 is 1.31 bits per heavy atom. The Hall–Kier alpha value is 0. The van der Waals surface area contributed by atoms with Crippen molar-refractivity contribution in [1.82, 2.24) is 0 Å². The van der Waals surface area contributed by atoms with E-state index in [0.29, 0.717) is 0 Å². The normalized spacial score (nSPS) is 17.1. The summed E-state index contributed by atoms with van der Waals surface area (Å²) in [6, 6.07) is 0. The Morgan fingerprint density at radius 3 is 1.81 bits per heavy atom. The molecule has 0 bridgehead atoms. The molecule has 16 heavy (non-hydrogen) atoms. The van der Waals surface area contributed by atoms with Gasteiger partial charge in [-0.15, -0.1) is 0 Å². The summed E-state index contributed by atoms with van der Waals surface area (Å²) in [6.07, 6.45) is 11.3. The monoisotopic (exact) mass is 226 g/mol. The summed E-state index contributed by atoms with van der Waals surface area (Å²) in [5.74, 6) is 2.84. The third kappa shape index (κ3) is 7.30. The first-order valence-corrected chi connectivity index (χ1v) is 7.65. The molecule has 0 rings (SSSR count). The number of hydrogen-bond acceptors (Lipinski definition) is 0. The SMILES string of the molecule is CCCCC(CC)CC(C)C(C)CCCC. The summed E-state index contributed by atoms with van der Waals surface area (Å²) >= 11 is 0. The molecule has 0 aliphatic rings. The number of rotatable bonds is 10. The second-order valence-corrected chi connectivity index (χ2v) is 5.75. The fourth-order valence-corrected chi connectivity index (χ4v) is 2.55. The van der Waals surface area contributed by atoms with Crippen molar-refractivity contribution < 1.29 is 0 Å². The molecule has 0 aliphatic carbocycles. The molecule has 3 unspecified atom stereocenters. The van der Waals surface area contributed by atoms with Crippen molar-refractivity contribution in [2.24, 2.45) is 17.8 Å². The van der Waals surface area contributed by atoms with Gasteiger partial charge in [0.05, 0.1) is 0 Å². The molecule has 0 heterocycles. The van der Waals surface area contributed by atoms with Crippen molar-refractivity contribution in [2.45, 2.75) is 86.0 Å². The highest BCUT2D eigenvalue weighted by Gasteiger charge is 2.16. The van der Waals surface area contributed by atoms with Gasteiger partial charge in [0, 0.05) is 0 Å². The van der Waals surface area contributed by atoms with E-state index in [2.05, 4.69) is 34.6 Å². The Labute approximate surface area is 104 Å². The molecule has 98 valence electrons. The van der Waals surface area contributed by atoms with Gasteiger partial charge in [-0.3, -0.25) is 0 Å². The van der Waals surface area contributed by atoms with Crippen LogP contribution in [0.3, 0.4) is 0 Å². The molecule has 3 atom stereocenters. The molecule has 0 aromatic heterocycles. The molecule has 0 amide bonds. The van der Waals surface area contributed by atoms with Gasteiger partial charge < -0.3 is 0 Å². The van der Waals surface area contributed by atoms with Crippen LogP contribution in [0.5, 0.6) is 0 Å². The Balaban J connectivity index is 3.83. The molecule has 0 aromatic rings. The van der Waals surface area contributed by atoms with Crippen LogP contribution in [0.2, 0.25) is 0 Å². The number of hydrogen-bond donors (Lipinski definition) is 0. The molecule has 0 spiro atoms. The average Bonchev–Trinajstić information content (AvgIpc) is 2.30. The highest BCUT2D eigenvalue weighted by atomic mass is 14.2. The van der Waals surface area contributed by atoms with E-state index in [1.165, 1.54) is 51.4 Å². The van der Waals surface area contributed by atoms with Gasteiger partial charge in [-0.25, -0.2) is 0 Å². The molecule has 0 saturated carbocycles. The summed E-state index contributed by atoms with van der Waals surface area (Å²) in [7, 11) is 0. The first-order valence-electron chi connectivity index (χ1n) is 7.65. The molecular formula is C16H34. The van der Waals surface area contributed by atoms with E-state index in [1.807, 2.05) is 0 Å². The topological polar surface area (TPSA) is 0 Å². The van der Waals surface area contributed by atoms with Crippen LogP contribution in [0, 0.1) is 17.8 Å². The van der Waals surface area contributed by atoms with Crippen molar-refractivity contribution >= 4 is 0 Å². The van der Waals surface area contributed by atoms with Crippen molar-refractivity contribution in [3.05, 3.63) is 0 Å². The third-order valence-corrected chi connectivity index (χ3v) is 4.23. The van der Waals surface area contributed by atoms with Crippen LogP contribution in [0.25, 0.3) is 0 Å². The minimum atomic E-state index is 0.924. The van der Waals surface area contributed by atoms with E-state index in [1.54, 1.807) is 0 Å². The molecule has 0 saturated heterocycles. The van der Waals surface area contributed by atoms with Crippen molar-refractivity contribution in [2.75, 3.05) is 0 Å². The maximum atomic E-state index is 2.47. The van der Waals surface area contributed by atoms with Crippen LogP contribution in [-0.2, 0) is 0 Å². The standard InChI is InChI=1S/C16H34/c1-6-9-11-14(4)15(5)13-16(8-3)12-10-7-2/h14-16H,6-13H2,1-5H3. The molecule has 0 radical (unpaired) electrons. The van der Waals surface area contributed by atoms with Crippen LogP contribution >= 0.6 is 0 Å². The van der Waals surface area contributed by atoms with Crippen molar-refractivity contribution in [3.63, 3.8) is 0 Å². The van der Waals surface area contributed by atoms with Gasteiger partial charge in [0.1, 0.15) is 0 Å². The van der Waals surface area contributed by atoms with E-state index >= 15 is 0 Å². The van der Waals surface area contributed by atoms with Gasteiger partial charge in [0.25, 0.3) is 0 Å². The minimum absolute atomic E-state index is 0.924. The lowest BCUT2D eigenvalue weighted by Gasteiger charge is -2.24. The lowest BCUT2D eigenvalue weighted by Crippen LogP contribution is -2.13. The van der Waals surface area contributed by atoms with Gasteiger partial charge in [0.15, 0.2) is 0 Å². The van der Waals surface area contributed by atoms with E-state index in [0.717, 1.165) is 17.8 Å². The van der Waals surface area contributed by atoms with Gasteiger partial charge in [-0.05, 0) is 24.2 Å². The van der Waals surface area contributed by atoms with E-state index < -0.39 is 0 Å². The predicted octanol–water partition coefficient (Wildman–Crippen LogP) is 6.06. The van der Waals surface area contributed by atoms with Crippen LogP contribution in [-0.4, -0.2) is 0 Å². The van der Waals surface area contributed by atoms with Crippen molar-refractivity contribution in [1.29, 1.82) is 0 Å². The van der Waals surface area contributed by atoms with Gasteiger partial charge in [-0.1, -0.05) is 79.6 Å². The Morgan fingerprint density at radius 1 is 0.750 bits per heavy atom. The van der Waals surface area contributed by atoms with E-state index in [4.69, 9.17) is 0 Å². The molecule has 0 heteroatoms. The lowest BCUT2D eigenvalue weighted by molar-refractivity contribution is 0.270. The second kappa shape index (κ2) is 10.2. The average molecular weight is 226 g/mol. The van der Waals surface area contributed by atoms with Crippen LogP contribution in [0.1, 0.15) is 86.0 Å². The molecule has 0 N–H and O–H groups in total. The van der Waals surface area contributed by atoms with Crippen LogP contribution < -0.4 is 0 Å². The van der Waals surface area contributed by atoms with E-state index in [9.17, 15) is 0 Å². The summed E-state index contributed by atoms with van der Waals surface area (Å²) in [6.45, 7) is 11.9. The fourth-order valence-electron chi connectivity index (χ4n) is 2.55. The molecule has 0 aliphatic heterocycles. The maximum absolute atomic E-state index is 2.47.